The lowest BCUT2D eigenvalue weighted by molar-refractivity contribution is 0.624. The summed E-state index contributed by atoms with van der Waals surface area (Å²) in [6.07, 6.45) is 4.92. The van der Waals surface area contributed by atoms with Crippen molar-refractivity contribution in [2.75, 3.05) is 0 Å². The Bertz CT molecular complexity index is 516. The number of halogens is 2. The topological polar surface area (TPSA) is 38.9 Å². The molecule has 0 saturated heterocycles. The fourth-order valence-corrected chi connectivity index (χ4v) is 2.07. The van der Waals surface area contributed by atoms with Gasteiger partial charge in [-0.25, -0.2) is 4.39 Å². The molecular formula is C14H14ClFN2. The maximum Gasteiger partial charge on any atom is 0.141 e. The van der Waals surface area contributed by atoms with Crippen molar-refractivity contribution in [3.63, 3.8) is 0 Å². The van der Waals surface area contributed by atoms with E-state index in [1.54, 1.807) is 24.5 Å². The summed E-state index contributed by atoms with van der Waals surface area (Å²) in [7, 11) is 0. The minimum absolute atomic E-state index is 0.0195. The van der Waals surface area contributed by atoms with Crippen molar-refractivity contribution in [1.82, 2.24) is 4.98 Å². The quantitative estimate of drug-likeness (QED) is 0.922. The second-order valence-corrected chi connectivity index (χ2v) is 4.68. The van der Waals surface area contributed by atoms with Crippen molar-refractivity contribution >= 4 is 11.6 Å². The molecule has 0 radical (unpaired) electrons. The fourth-order valence-electron chi connectivity index (χ4n) is 1.86. The van der Waals surface area contributed by atoms with Crippen molar-refractivity contribution in [2.24, 2.45) is 5.73 Å². The average molecular weight is 265 g/mol. The molecule has 0 spiro atoms. The Morgan fingerprint density at radius 1 is 1.11 bits per heavy atom. The summed E-state index contributed by atoms with van der Waals surface area (Å²) in [5.41, 5.74) is 8.16. The number of nitrogens with two attached hydrogens (primary N) is 1. The van der Waals surface area contributed by atoms with Gasteiger partial charge in [0.05, 0.1) is 5.02 Å². The molecule has 1 atom stereocenters. The molecule has 2 rings (SSSR count). The van der Waals surface area contributed by atoms with E-state index in [0.29, 0.717) is 6.42 Å². The first-order valence-corrected chi connectivity index (χ1v) is 6.11. The maximum atomic E-state index is 13.0. The van der Waals surface area contributed by atoms with E-state index in [-0.39, 0.29) is 11.1 Å². The summed E-state index contributed by atoms with van der Waals surface area (Å²) in [6, 6.07) is 8.58. The van der Waals surface area contributed by atoms with Gasteiger partial charge in [-0.15, -0.1) is 0 Å². The van der Waals surface area contributed by atoms with Gasteiger partial charge < -0.3 is 5.73 Å². The molecule has 1 unspecified atom stereocenters. The molecule has 2 nitrogen and oxygen atoms in total. The zero-order valence-corrected chi connectivity index (χ0v) is 10.6. The first-order valence-electron chi connectivity index (χ1n) is 5.73. The lowest BCUT2D eigenvalue weighted by Gasteiger charge is -2.12. The van der Waals surface area contributed by atoms with E-state index in [1.165, 1.54) is 6.07 Å². The minimum Gasteiger partial charge on any atom is -0.327 e. The van der Waals surface area contributed by atoms with Gasteiger partial charge in [0.1, 0.15) is 5.82 Å². The lowest BCUT2D eigenvalue weighted by atomic mass is 10.0. The highest BCUT2D eigenvalue weighted by atomic mass is 35.5. The van der Waals surface area contributed by atoms with Crippen molar-refractivity contribution in [2.45, 2.75) is 18.9 Å². The Balaban J connectivity index is 1.99. The maximum absolute atomic E-state index is 13.0. The van der Waals surface area contributed by atoms with E-state index < -0.39 is 5.82 Å². The molecule has 0 aliphatic carbocycles. The van der Waals surface area contributed by atoms with Crippen molar-refractivity contribution in [3.8, 4) is 0 Å². The van der Waals surface area contributed by atoms with E-state index in [0.717, 1.165) is 17.5 Å². The predicted molar refractivity (Wildman–Crippen MR) is 71.0 cm³/mol. The Labute approximate surface area is 111 Å². The zero-order valence-electron chi connectivity index (χ0n) is 9.81. The monoisotopic (exact) mass is 264 g/mol. The minimum atomic E-state index is -0.400. The van der Waals surface area contributed by atoms with Gasteiger partial charge in [0, 0.05) is 18.4 Å². The third-order valence-electron chi connectivity index (χ3n) is 2.73. The number of hydrogen-bond donors (Lipinski definition) is 1. The van der Waals surface area contributed by atoms with E-state index in [1.807, 2.05) is 12.1 Å². The second kappa shape index (κ2) is 5.94. The van der Waals surface area contributed by atoms with Crippen LogP contribution in [0.1, 0.15) is 11.1 Å². The van der Waals surface area contributed by atoms with E-state index >= 15 is 0 Å². The molecule has 0 aliphatic rings. The van der Waals surface area contributed by atoms with Crippen LogP contribution in [-0.2, 0) is 12.8 Å². The highest BCUT2D eigenvalue weighted by Gasteiger charge is 2.07. The normalized spacial score (nSPS) is 12.4. The van der Waals surface area contributed by atoms with Crippen molar-refractivity contribution in [3.05, 3.63) is 64.7 Å². The zero-order chi connectivity index (χ0) is 13.0. The Kier molecular flexibility index (Phi) is 4.28. The molecule has 1 aromatic heterocycles. The highest BCUT2D eigenvalue weighted by molar-refractivity contribution is 6.30. The Hall–Kier alpha value is -1.45. The summed E-state index contributed by atoms with van der Waals surface area (Å²) in [5, 5.41) is 0.142. The largest absolute Gasteiger partial charge is 0.327 e. The summed E-state index contributed by atoms with van der Waals surface area (Å²) >= 11 is 5.73. The van der Waals surface area contributed by atoms with Crippen LogP contribution in [0.5, 0.6) is 0 Å². The van der Waals surface area contributed by atoms with Crippen LogP contribution in [0.25, 0.3) is 0 Å². The third kappa shape index (κ3) is 3.52. The van der Waals surface area contributed by atoms with Crippen LogP contribution in [0.2, 0.25) is 5.02 Å². The number of benzene rings is 1. The number of aromatic nitrogens is 1. The molecule has 2 aromatic rings. The van der Waals surface area contributed by atoms with Crippen LogP contribution in [-0.4, -0.2) is 11.0 Å². The van der Waals surface area contributed by atoms with Gasteiger partial charge in [-0.05, 0) is 48.2 Å². The molecule has 1 aromatic carbocycles. The van der Waals surface area contributed by atoms with E-state index in [9.17, 15) is 4.39 Å². The standard InChI is InChI=1S/C14H14ClFN2/c15-13-9-11(1-2-14(13)16)8-12(17)7-10-3-5-18-6-4-10/h1-6,9,12H,7-8,17H2. The fraction of sp³-hybridized carbons (Fsp3) is 0.214. The first-order chi connectivity index (χ1) is 8.65. The number of pyridine rings is 1. The lowest BCUT2D eigenvalue weighted by Crippen LogP contribution is -2.25. The van der Waals surface area contributed by atoms with Crippen LogP contribution in [0.3, 0.4) is 0 Å². The molecule has 2 N–H and O–H groups in total. The molecule has 0 bridgehead atoms. The number of nitrogens with zero attached hydrogens (tertiary/aromatic N) is 1. The van der Waals surface area contributed by atoms with Crippen LogP contribution in [0, 0.1) is 5.82 Å². The van der Waals surface area contributed by atoms with Gasteiger partial charge in [-0.1, -0.05) is 17.7 Å². The summed E-state index contributed by atoms with van der Waals surface area (Å²) in [5.74, 6) is -0.400. The highest BCUT2D eigenvalue weighted by Crippen LogP contribution is 2.17. The second-order valence-electron chi connectivity index (χ2n) is 4.27. The molecule has 18 heavy (non-hydrogen) atoms. The first kappa shape index (κ1) is 13.0. The van der Waals surface area contributed by atoms with Crippen molar-refractivity contribution < 1.29 is 4.39 Å². The van der Waals surface area contributed by atoms with Crippen LogP contribution in [0.15, 0.2) is 42.7 Å². The molecule has 0 amide bonds. The van der Waals surface area contributed by atoms with Crippen molar-refractivity contribution in [1.29, 1.82) is 0 Å². The molecule has 1 heterocycles. The predicted octanol–water partition coefficient (Wildman–Crippen LogP) is 2.99. The molecule has 0 aliphatic heterocycles. The van der Waals surface area contributed by atoms with Gasteiger partial charge in [0.2, 0.25) is 0 Å². The third-order valence-corrected chi connectivity index (χ3v) is 3.02. The van der Waals surface area contributed by atoms with Crippen LogP contribution < -0.4 is 5.73 Å². The van der Waals surface area contributed by atoms with Gasteiger partial charge in [0.15, 0.2) is 0 Å². The molecule has 94 valence electrons. The molecule has 4 heteroatoms. The Morgan fingerprint density at radius 2 is 1.78 bits per heavy atom. The van der Waals surface area contributed by atoms with Crippen LogP contribution >= 0.6 is 11.6 Å². The summed E-state index contributed by atoms with van der Waals surface area (Å²) < 4.78 is 13.0. The summed E-state index contributed by atoms with van der Waals surface area (Å²) in [4.78, 5) is 3.96. The molecule has 0 saturated carbocycles. The molecule has 0 fully saturated rings. The van der Waals surface area contributed by atoms with Gasteiger partial charge in [-0.2, -0.15) is 0 Å². The number of rotatable bonds is 4. The Morgan fingerprint density at radius 3 is 2.44 bits per heavy atom. The van der Waals surface area contributed by atoms with E-state index in [2.05, 4.69) is 4.98 Å². The van der Waals surface area contributed by atoms with Crippen LogP contribution in [0.4, 0.5) is 4.39 Å². The average Bonchev–Trinajstić information content (AvgIpc) is 2.35. The summed E-state index contributed by atoms with van der Waals surface area (Å²) in [6.45, 7) is 0. The number of hydrogen-bond acceptors (Lipinski definition) is 2. The van der Waals surface area contributed by atoms with Gasteiger partial charge in [-0.3, -0.25) is 4.98 Å². The molecular weight excluding hydrogens is 251 g/mol. The van der Waals surface area contributed by atoms with Gasteiger partial charge >= 0.3 is 0 Å². The SMILES string of the molecule is NC(Cc1ccncc1)Cc1ccc(F)c(Cl)c1. The van der Waals surface area contributed by atoms with E-state index in [4.69, 9.17) is 17.3 Å². The van der Waals surface area contributed by atoms with Gasteiger partial charge in [0.25, 0.3) is 0 Å². The smallest absolute Gasteiger partial charge is 0.141 e.